The van der Waals surface area contributed by atoms with Crippen LogP contribution in [0.15, 0.2) is 48.5 Å². The molecule has 0 fully saturated rings. The van der Waals surface area contributed by atoms with E-state index in [0.29, 0.717) is 21.8 Å². The molecule has 1 atom stereocenters. The first-order valence-electron chi connectivity index (χ1n) is 7.57. The lowest BCUT2D eigenvalue weighted by atomic mass is 10.0. The van der Waals surface area contributed by atoms with E-state index in [9.17, 15) is 14.4 Å². The van der Waals surface area contributed by atoms with Gasteiger partial charge in [0.15, 0.2) is 5.78 Å². The van der Waals surface area contributed by atoms with Crippen molar-refractivity contribution in [3.8, 4) is 0 Å². The number of hydrogen-bond donors (Lipinski definition) is 3. The Morgan fingerprint density at radius 2 is 1.80 bits per heavy atom. The summed E-state index contributed by atoms with van der Waals surface area (Å²) in [5, 5.41) is 5.80. The monoisotopic (exact) mass is 359 g/mol. The van der Waals surface area contributed by atoms with E-state index in [-0.39, 0.29) is 18.1 Å². The number of Topliss-reactive ketones (excluding diaryl/α,β-unsaturated/α-hetero) is 1. The molecule has 0 spiro atoms. The van der Waals surface area contributed by atoms with Gasteiger partial charge in [-0.25, -0.2) is 4.79 Å². The second kappa shape index (κ2) is 8.30. The van der Waals surface area contributed by atoms with Crippen LogP contribution in [0.3, 0.4) is 0 Å². The number of nitrogens with one attached hydrogen (secondary N) is 2. The topological polar surface area (TPSA) is 101 Å². The third-order valence-corrected chi connectivity index (χ3v) is 3.78. The molecule has 0 saturated heterocycles. The van der Waals surface area contributed by atoms with Gasteiger partial charge >= 0.3 is 6.03 Å². The van der Waals surface area contributed by atoms with Gasteiger partial charge in [0.25, 0.3) is 0 Å². The minimum atomic E-state index is -0.730. The quantitative estimate of drug-likeness (QED) is 0.690. The Morgan fingerprint density at radius 1 is 1.12 bits per heavy atom. The summed E-state index contributed by atoms with van der Waals surface area (Å²) in [5.41, 5.74) is 6.91. The van der Waals surface area contributed by atoms with Crippen molar-refractivity contribution in [2.75, 3.05) is 5.32 Å². The molecule has 0 saturated carbocycles. The van der Waals surface area contributed by atoms with Gasteiger partial charge in [-0.1, -0.05) is 35.9 Å². The van der Waals surface area contributed by atoms with Crippen LogP contribution in [-0.4, -0.2) is 17.7 Å². The maximum absolute atomic E-state index is 12.3. The summed E-state index contributed by atoms with van der Waals surface area (Å²) in [6.45, 7) is 1.45. The van der Waals surface area contributed by atoms with Gasteiger partial charge in [0.05, 0.1) is 12.5 Å². The molecule has 2 aromatic rings. The van der Waals surface area contributed by atoms with Crippen LogP contribution in [0.1, 0.15) is 35.3 Å². The van der Waals surface area contributed by atoms with Crippen molar-refractivity contribution in [2.24, 2.45) is 5.73 Å². The predicted molar refractivity (Wildman–Crippen MR) is 96.6 cm³/mol. The maximum Gasteiger partial charge on any atom is 0.312 e. The highest BCUT2D eigenvalue weighted by molar-refractivity contribution is 6.30. The van der Waals surface area contributed by atoms with Crippen molar-refractivity contribution in [1.82, 2.24) is 5.32 Å². The number of urea groups is 1. The number of carbonyl (C=O) groups is 3. The van der Waals surface area contributed by atoms with Gasteiger partial charge in [-0.05, 0) is 36.8 Å². The van der Waals surface area contributed by atoms with Gasteiger partial charge in [-0.15, -0.1) is 0 Å². The molecule has 4 N–H and O–H groups in total. The zero-order chi connectivity index (χ0) is 18.4. The molecule has 0 radical (unpaired) electrons. The van der Waals surface area contributed by atoms with Crippen molar-refractivity contribution in [2.45, 2.75) is 19.4 Å². The van der Waals surface area contributed by atoms with Crippen LogP contribution in [0, 0.1) is 0 Å². The third kappa shape index (κ3) is 5.61. The van der Waals surface area contributed by atoms with Crippen molar-refractivity contribution in [3.05, 3.63) is 64.7 Å². The van der Waals surface area contributed by atoms with Crippen LogP contribution < -0.4 is 16.4 Å². The molecule has 25 heavy (non-hydrogen) atoms. The largest absolute Gasteiger partial charge is 0.352 e. The highest BCUT2D eigenvalue weighted by Gasteiger charge is 2.18. The predicted octanol–water partition coefficient (Wildman–Crippen LogP) is 3.28. The first-order chi connectivity index (χ1) is 11.8. The van der Waals surface area contributed by atoms with Crippen LogP contribution in [0.25, 0.3) is 0 Å². The van der Waals surface area contributed by atoms with E-state index in [4.69, 9.17) is 17.3 Å². The molecule has 2 aromatic carbocycles. The molecule has 0 aromatic heterocycles. The lowest BCUT2D eigenvalue weighted by Crippen LogP contribution is -2.35. The number of rotatable bonds is 6. The lowest BCUT2D eigenvalue weighted by Gasteiger charge is -2.18. The number of amides is 3. The SMILES string of the molecule is CC(=O)c1cccc(NC(=O)C[C@@H](NC(N)=O)c2ccc(Cl)cc2)c1. The van der Waals surface area contributed by atoms with Crippen LogP contribution in [0.2, 0.25) is 5.02 Å². The molecule has 2 rings (SSSR count). The number of anilines is 1. The Hall–Kier alpha value is -2.86. The summed E-state index contributed by atoms with van der Waals surface area (Å²) in [6.07, 6.45) is -0.0190. The fraction of sp³-hybridized carbons (Fsp3) is 0.167. The van der Waals surface area contributed by atoms with Crippen molar-refractivity contribution < 1.29 is 14.4 Å². The molecule has 130 valence electrons. The molecule has 0 heterocycles. The molecule has 0 aliphatic carbocycles. The summed E-state index contributed by atoms with van der Waals surface area (Å²) in [7, 11) is 0. The standard InChI is InChI=1S/C18H18ClN3O3/c1-11(23)13-3-2-4-15(9-13)21-17(24)10-16(22-18(20)25)12-5-7-14(19)8-6-12/h2-9,16H,10H2,1H3,(H,21,24)(H3,20,22,25)/t16-/m1/s1. The molecule has 6 nitrogen and oxygen atoms in total. The van der Waals surface area contributed by atoms with E-state index in [1.54, 1.807) is 48.5 Å². The molecule has 3 amide bonds. The molecular formula is C18H18ClN3O3. The van der Waals surface area contributed by atoms with Crippen molar-refractivity contribution >= 4 is 35.0 Å². The molecule has 7 heteroatoms. The average molecular weight is 360 g/mol. The van der Waals surface area contributed by atoms with Gasteiger partial charge in [-0.3, -0.25) is 9.59 Å². The van der Waals surface area contributed by atoms with E-state index < -0.39 is 12.1 Å². The van der Waals surface area contributed by atoms with E-state index in [2.05, 4.69) is 10.6 Å². The van der Waals surface area contributed by atoms with E-state index in [0.717, 1.165) is 0 Å². The summed E-state index contributed by atoms with van der Waals surface area (Å²) >= 11 is 5.86. The molecule has 0 aliphatic heterocycles. The number of hydrogen-bond acceptors (Lipinski definition) is 3. The average Bonchev–Trinajstić information content (AvgIpc) is 2.54. The van der Waals surface area contributed by atoms with Crippen LogP contribution in [0.5, 0.6) is 0 Å². The Balaban J connectivity index is 2.11. The summed E-state index contributed by atoms with van der Waals surface area (Å²) in [5.74, 6) is -0.417. The smallest absolute Gasteiger partial charge is 0.312 e. The van der Waals surface area contributed by atoms with Crippen LogP contribution in [-0.2, 0) is 4.79 Å². The number of ketones is 1. The maximum atomic E-state index is 12.3. The summed E-state index contributed by atoms with van der Waals surface area (Å²) in [4.78, 5) is 34.9. The normalized spacial score (nSPS) is 11.4. The lowest BCUT2D eigenvalue weighted by molar-refractivity contribution is -0.116. The molecule has 0 unspecified atom stereocenters. The highest BCUT2D eigenvalue weighted by Crippen LogP contribution is 2.20. The van der Waals surface area contributed by atoms with Crippen molar-refractivity contribution in [3.63, 3.8) is 0 Å². The molecule has 0 bridgehead atoms. The number of halogens is 1. The van der Waals surface area contributed by atoms with Gasteiger partial charge in [-0.2, -0.15) is 0 Å². The second-order valence-corrected chi connectivity index (χ2v) is 5.94. The fourth-order valence-corrected chi connectivity index (χ4v) is 2.46. The van der Waals surface area contributed by atoms with Gasteiger partial charge < -0.3 is 16.4 Å². The highest BCUT2D eigenvalue weighted by atomic mass is 35.5. The zero-order valence-electron chi connectivity index (χ0n) is 13.6. The third-order valence-electron chi connectivity index (χ3n) is 3.53. The Kier molecular flexibility index (Phi) is 6.14. The minimum absolute atomic E-state index is 0.0190. The van der Waals surface area contributed by atoms with E-state index >= 15 is 0 Å². The molecular weight excluding hydrogens is 342 g/mol. The van der Waals surface area contributed by atoms with E-state index in [1.165, 1.54) is 6.92 Å². The first-order valence-corrected chi connectivity index (χ1v) is 7.95. The second-order valence-electron chi connectivity index (χ2n) is 5.50. The van der Waals surface area contributed by atoms with E-state index in [1.807, 2.05) is 0 Å². The van der Waals surface area contributed by atoms with Crippen LogP contribution in [0.4, 0.5) is 10.5 Å². The van der Waals surface area contributed by atoms with Crippen LogP contribution >= 0.6 is 11.6 Å². The molecule has 0 aliphatic rings. The first kappa shape index (κ1) is 18.5. The summed E-state index contributed by atoms with van der Waals surface area (Å²) in [6, 6.07) is 12.1. The zero-order valence-corrected chi connectivity index (χ0v) is 14.3. The van der Waals surface area contributed by atoms with Gasteiger partial charge in [0.2, 0.25) is 5.91 Å². The number of nitrogens with two attached hydrogens (primary N) is 1. The number of benzene rings is 2. The van der Waals surface area contributed by atoms with Crippen molar-refractivity contribution in [1.29, 1.82) is 0 Å². The van der Waals surface area contributed by atoms with Gasteiger partial charge in [0.1, 0.15) is 0 Å². The fourth-order valence-electron chi connectivity index (χ4n) is 2.33. The minimum Gasteiger partial charge on any atom is -0.352 e. The number of carbonyl (C=O) groups excluding carboxylic acids is 3. The van der Waals surface area contributed by atoms with Gasteiger partial charge in [0, 0.05) is 16.3 Å². The Morgan fingerprint density at radius 3 is 2.40 bits per heavy atom. The number of primary amides is 1. The Labute approximate surface area is 150 Å². The Bertz CT molecular complexity index is 790. The summed E-state index contributed by atoms with van der Waals surface area (Å²) < 4.78 is 0.